The summed E-state index contributed by atoms with van der Waals surface area (Å²) >= 11 is 0. The van der Waals surface area contributed by atoms with Gasteiger partial charge in [0.25, 0.3) is 5.91 Å². The summed E-state index contributed by atoms with van der Waals surface area (Å²) < 4.78 is 27.6. The first-order chi connectivity index (χ1) is 23.0. The third kappa shape index (κ3) is 10.6. The van der Waals surface area contributed by atoms with Crippen molar-refractivity contribution in [3.63, 3.8) is 0 Å². The van der Waals surface area contributed by atoms with E-state index in [2.05, 4.69) is 5.32 Å². The van der Waals surface area contributed by atoms with Gasteiger partial charge in [0, 0.05) is 44.8 Å². The quantitative estimate of drug-likeness (QED) is 0.203. The zero-order valence-electron chi connectivity index (χ0n) is 29.9. The van der Waals surface area contributed by atoms with E-state index < -0.39 is 83.2 Å². The lowest BCUT2D eigenvalue weighted by Crippen LogP contribution is -2.42. The van der Waals surface area contributed by atoms with Crippen molar-refractivity contribution in [3.8, 4) is 0 Å². The first-order valence-electron chi connectivity index (χ1n) is 16.2. The SMILES string of the molecule is COC1=C2C[C@@H](C)C[C@H](OC)[C@H](O)[C@@H](C)C=C(C)[C@H](OC(N)=O)[C@@H](OC)CCC=C(C)C(=O)NC(=C([C@H](OC)C(=O)C[C@@H](C)O)C1=O)C2=O. The molecule has 0 spiro atoms. The van der Waals surface area contributed by atoms with Crippen LogP contribution in [0.3, 0.4) is 0 Å². The Morgan fingerprint density at radius 3 is 2.20 bits per heavy atom. The van der Waals surface area contributed by atoms with Crippen LogP contribution in [-0.4, -0.2) is 105 Å². The molecular weight excluding hydrogens is 640 g/mol. The van der Waals surface area contributed by atoms with Gasteiger partial charge in [-0.3, -0.25) is 19.2 Å². The van der Waals surface area contributed by atoms with Gasteiger partial charge < -0.3 is 44.9 Å². The zero-order chi connectivity index (χ0) is 37.2. The predicted octanol–water partition coefficient (Wildman–Crippen LogP) is 2.36. The highest BCUT2D eigenvalue weighted by molar-refractivity contribution is 6.27. The number of nitrogens with one attached hydrogen (secondary N) is 1. The summed E-state index contributed by atoms with van der Waals surface area (Å²) in [6.45, 7) is 8.22. The Kier molecular flexibility index (Phi) is 16.0. The summed E-state index contributed by atoms with van der Waals surface area (Å²) in [5.41, 5.74) is 5.28. The molecule has 49 heavy (non-hydrogen) atoms. The molecule has 2 bridgehead atoms. The maximum absolute atomic E-state index is 14.2. The molecule has 0 aromatic rings. The molecule has 14 nitrogen and oxygen atoms in total. The van der Waals surface area contributed by atoms with Crippen molar-refractivity contribution in [2.75, 3.05) is 28.4 Å². The lowest BCUT2D eigenvalue weighted by atomic mass is 9.82. The maximum Gasteiger partial charge on any atom is 0.405 e. The van der Waals surface area contributed by atoms with E-state index in [9.17, 15) is 34.2 Å². The third-order valence-corrected chi connectivity index (χ3v) is 8.75. The summed E-state index contributed by atoms with van der Waals surface area (Å²) in [4.78, 5) is 66.8. The minimum atomic E-state index is -1.59. The number of hydrogen-bond donors (Lipinski definition) is 4. The number of nitrogens with two attached hydrogens (primary N) is 1. The molecule has 2 aliphatic rings. The number of methoxy groups -OCH3 is 4. The Morgan fingerprint density at radius 2 is 1.67 bits per heavy atom. The number of aliphatic hydroxyl groups excluding tert-OH is 2. The van der Waals surface area contributed by atoms with Crippen LogP contribution in [-0.2, 0) is 42.9 Å². The second kappa shape index (κ2) is 18.9. The van der Waals surface area contributed by atoms with Gasteiger partial charge >= 0.3 is 6.09 Å². The molecule has 0 saturated carbocycles. The molecule has 0 saturated heterocycles. The van der Waals surface area contributed by atoms with Crippen LogP contribution < -0.4 is 11.1 Å². The first kappa shape index (κ1) is 41.5. The average Bonchev–Trinajstić information content (AvgIpc) is 3.03. The van der Waals surface area contributed by atoms with Crippen molar-refractivity contribution >= 4 is 29.4 Å². The number of allylic oxidation sites excluding steroid dienone is 3. The normalized spacial score (nSPS) is 27.9. The van der Waals surface area contributed by atoms with Crippen molar-refractivity contribution in [1.29, 1.82) is 0 Å². The number of Topliss-reactive ketones (excluding diaryl/α,β-unsaturated/α-hetero) is 3. The number of ether oxygens (including phenoxy) is 5. The fourth-order valence-corrected chi connectivity index (χ4v) is 6.23. The monoisotopic (exact) mass is 692 g/mol. The number of aliphatic hydroxyl groups is 2. The number of ketones is 3. The highest BCUT2D eigenvalue weighted by atomic mass is 16.6. The Bertz CT molecular complexity index is 1380. The summed E-state index contributed by atoms with van der Waals surface area (Å²) in [6, 6.07) is 0. The number of hydrogen-bond acceptors (Lipinski definition) is 12. The first-order valence-corrected chi connectivity index (χ1v) is 16.2. The second-order valence-electron chi connectivity index (χ2n) is 12.7. The molecule has 0 aromatic carbocycles. The highest BCUT2D eigenvalue weighted by Crippen LogP contribution is 2.34. The lowest BCUT2D eigenvalue weighted by Gasteiger charge is -2.31. The average molecular weight is 693 g/mol. The number of rotatable bonds is 9. The van der Waals surface area contributed by atoms with E-state index in [1.54, 1.807) is 32.9 Å². The van der Waals surface area contributed by atoms with Gasteiger partial charge in [0.15, 0.2) is 17.6 Å². The van der Waals surface area contributed by atoms with E-state index in [1.165, 1.54) is 42.3 Å². The summed E-state index contributed by atoms with van der Waals surface area (Å²) in [5.74, 6) is -4.12. The zero-order valence-corrected chi connectivity index (χ0v) is 29.9. The molecule has 0 aromatic heterocycles. The Labute approximate surface area is 287 Å². The molecule has 8 atom stereocenters. The maximum atomic E-state index is 14.2. The molecule has 0 radical (unpaired) electrons. The van der Waals surface area contributed by atoms with Crippen molar-refractivity contribution < 1.29 is 57.9 Å². The van der Waals surface area contributed by atoms with E-state index in [0.717, 1.165) is 0 Å². The van der Waals surface area contributed by atoms with Crippen molar-refractivity contribution in [2.24, 2.45) is 17.6 Å². The number of fused-ring (bicyclic) bond motifs is 2. The van der Waals surface area contributed by atoms with Crippen LogP contribution in [0, 0.1) is 11.8 Å². The van der Waals surface area contributed by atoms with Crippen LogP contribution in [0.5, 0.6) is 0 Å². The van der Waals surface area contributed by atoms with Crippen LogP contribution in [0.1, 0.15) is 66.7 Å². The van der Waals surface area contributed by atoms with Gasteiger partial charge in [0.05, 0.1) is 42.8 Å². The summed E-state index contributed by atoms with van der Waals surface area (Å²) in [5, 5.41) is 23.8. The van der Waals surface area contributed by atoms with Crippen molar-refractivity contribution in [2.45, 2.75) is 103 Å². The molecule has 2 rings (SSSR count). The number of carbonyl (C=O) groups excluding carboxylic acids is 5. The van der Waals surface area contributed by atoms with E-state index in [1.807, 2.05) is 0 Å². The van der Waals surface area contributed by atoms with E-state index in [4.69, 9.17) is 29.4 Å². The fourth-order valence-electron chi connectivity index (χ4n) is 6.23. The minimum Gasteiger partial charge on any atom is -0.492 e. The van der Waals surface area contributed by atoms with Gasteiger partial charge in [-0.2, -0.15) is 0 Å². The highest BCUT2D eigenvalue weighted by Gasteiger charge is 2.43. The van der Waals surface area contributed by atoms with Crippen LogP contribution >= 0.6 is 0 Å². The minimum absolute atomic E-state index is 0.00559. The van der Waals surface area contributed by atoms with Gasteiger partial charge in [0.1, 0.15) is 6.10 Å². The number of amides is 2. The van der Waals surface area contributed by atoms with Gasteiger partial charge in [-0.15, -0.1) is 0 Å². The van der Waals surface area contributed by atoms with Gasteiger partial charge in [-0.05, 0) is 57.9 Å². The molecule has 0 unspecified atom stereocenters. The second-order valence-corrected chi connectivity index (χ2v) is 12.7. The smallest absolute Gasteiger partial charge is 0.405 e. The Hall–Kier alpha value is -3.69. The molecule has 5 N–H and O–H groups in total. The van der Waals surface area contributed by atoms with Crippen LogP contribution in [0.15, 0.2) is 45.9 Å². The molecule has 1 heterocycles. The summed E-state index contributed by atoms with van der Waals surface area (Å²) in [6.07, 6.45) is -3.28. The number of carbonyl (C=O) groups is 5. The van der Waals surface area contributed by atoms with E-state index in [0.29, 0.717) is 5.57 Å². The van der Waals surface area contributed by atoms with Gasteiger partial charge in [0.2, 0.25) is 11.6 Å². The molecule has 1 aliphatic heterocycles. The fraction of sp³-hybridized carbons (Fsp3) is 0.629. The van der Waals surface area contributed by atoms with Crippen molar-refractivity contribution in [3.05, 3.63) is 45.9 Å². The van der Waals surface area contributed by atoms with Crippen LogP contribution in [0.4, 0.5) is 4.79 Å². The van der Waals surface area contributed by atoms with Crippen LogP contribution in [0.2, 0.25) is 0 Å². The van der Waals surface area contributed by atoms with Gasteiger partial charge in [-0.25, -0.2) is 4.79 Å². The molecular formula is C35H52N2O12. The topological polar surface area (TPSA) is 210 Å². The summed E-state index contributed by atoms with van der Waals surface area (Å²) in [7, 11) is 5.29. The van der Waals surface area contributed by atoms with E-state index >= 15 is 0 Å². The van der Waals surface area contributed by atoms with Crippen molar-refractivity contribution in [1.82, 2.24) is 5.32 Å². The standard InChI is InChI=1S/C35H52N2O12/c1-17-13-22-29(41)27(26(30(42)32(22)47-8)33(48-9)23(39)16-21(5)38)37-34(43)18(2)11-10-12-24(45-6)31(49-35(36)44)20(4)15-19(3)28(40)25(14-17)46-7/h11,15,17,19,21,24-25,28,31,33,38,40H,10,12-14,16H2,1-9H3,(H2,36,44)(H,37,43)/t17-,19+,21-,24+,25+,28-,31+,33-/m1/s1. The van der Waals surface area contributed by atoms with Gasteiger partial charge in [-0.1, -0.05) is 26.0 Å². The van der Waals surface area contributed by atoms with E-state index in [-0.39, 0.29) is 54.9 Å². The number of primary amides is 1. The Morgan fingerprint density at radius 1 is 1.04 bits per heavy atom. The lowest BCUT2D eigenvalue weighted by molar-refractivity contribution is -0.131. The largest absolute Gasteiger partial charge is 0.492 e. The molecule has 0 fully saturated rings. The third-order valence-electron chi connectivity index (χ3n) is 8.75. The Balaban J connectivity index is 2.77. The van der Waals surface area contributed by atoms with Crippen LogP contribution in [0.25, 0.3) is 0 Å². The predicted molar refractivity (Wildman–Crippen MR) is 178 cm³/mol. The molecule has 2 amide bonds. The molecule has 1 aliphatic carbocycles. The molecule has 274 valence electrons. The molecule has 14 heteroatoms.